The molecule has 0 bridgehead atoms. The summed E-state index contributed by atoms with van der Waals surface area (Å²) in [4.78, 5) is 10.6. The number of alkyl halides is 3. The number of hydrogen-bond donors (Lipinski definition) is 0. The summed E-state index contributed by atoms with van der Waals surface area (Å²) in [7, 11) is 0. The highest BCUT2D eigenvalue weighted by molar-refractivity contribution is 5.63. The monoisotopic (exact) mass is 293 g/mol. The van der Waals surface area contributed by atoms with E-state index >= 15 is 0 Å². The number of hydrogen-bond acceptors (Lipinski definition) is 3. The Labute approximate surface area is 120 Å². The molecular weight excluding hydrogens is 279 g/mol. The second kappa shape index (κ2) is 5.35. The van der Waals surface area contributed by atoms with Crippen LogP contribution >= 0.6 is 0 Å². The van der Waals surface area contributed by atoms with Gasteiger partial charge in [0.25, 0.3) is 0 Å². The van der Waals surface area contributed by atoms with Crippen molar-refractivity contribution in [2.24, 2.45) is 0 Å². The lowest BCUT2D eigenvalue weighted by Crippen LogP contribution is -2.20. The van der Waals surface area contributed by atoms with Crippen LogP contribution in [-0.2, 0) is 6.18 Å². The molecule has 1 aliphatic heterocycles. The van der Waals surface area contributed by atoms with Crippen LogP contribution in [-0.4, -0.2) is 23.1 Å². The Morgan fingerprint density at radius 2 is 1.62 bits per heavy atom. The zero-order chi connectivity index (χ0) is 14.9. The summed E-state index contributed by atoms with van der Waals surface area (Å²) in [5.74, 6) is 0.642. The molecule has 0 atom stereocenters. The Kier molecular flexibility index (Phi) is 3.53. The van der Waals surface area contributed by atoms with Crippen molar-refractivity contribution in [3.05, 3.63) is 42.2 Å². The molecule has 0 saturated carbocycles. The summed E-state index contributed by atoms with van der Waals surface area (Å²) in [5.41, 5.74) is 0.394. The quantitative estimate of drug-likeness (QED) is 0.844. The Morgan fingerprint density at radius 3 is 2.24 bits per heavy atom. The molecule has 0 amide bonds. The van der Waals surface area contributed by atoms with Gasteiger partial charge in [0.05, 0.1) is 5.56 Å². The molecular formula is C15H14F3N3. The molecule has 1 aliphatic rings. The van der Waals surface area contributed by atoms with Crippen LogP contribution in [0.15, 0.2) is 36.7 Å². The van der Waals surface area contributed by atoms with Gasteiger partial charge >= 0.3 is 6.18 Å². The standard InChI is InChI=1S/C15H14F3N3/c16-15(17,18)13-5-3-4-11(8-13)12-9-19-14(20-10-12)21-6-1-2-7-21/h3-5,8-10H,1-2,6-7H2. The first-order valence-electron chi connectivity index (χ1n) is 6.79. The van der Waals surface area contributed by atoms with E-state index in [0.29, 0.717) is 17.1 Å². The average Bonchev–Trinajstić information content (AvgIpc) is 3.01. The van der Waals surface area contributed by atoms with Crippen LogP contribution in [0.4, 0.5) is 19.1 Å². The highest BCUT2D eigenvalue weighted by atomic mass is 19.4. The molecule has 3 nitrogen and oxygen atoms in total. The first-order chi connectivity index (χ1) is 10.0. The van der Waals surface area contributed by atoms with Crippen LogP contribution in [0.25, 0.3) is 11.1 Å². The molecule has 0 aliphatic carbocycles. The van der Waals surface area contributed by atoms with Gasteiger partial charge in [-0.05, 0) is 30.5 Å². The van der Waals surface area contributed by atoms with Crippen molar-refractivity contribution in [3.63, 3.8) is 0 Å². The van der Waals surface area contributed by atoms with Gasteiger partial charge < -0.3 is 4.90 Å². The first-order valence-corrected chi connectivity index (χ1v) is 6.79. The van der Waals surface area contributed by atoms with Gasteiger partial charge in [-0.25, -0.2) is 9.97 Å². The molecule has 0 spiro atoms. The predicted molar refractivity (Wildman–Crippen MR) is 73.9 cm³/mol. The summed E-state index contributed by atoms with van der Waals surface area (Å²) in [6.45, 7) is 1.87. The molecule has 0 N–H and O–H groups in total. The van der Waals surface area contributed by atoms with Gasteiger partial charge in [0.2, 0.25) is 5.95 Å². The molecule has 1 saturated heterocycles. The lowest BCUT2D eigenvalue weighted by Gasteiger charge is -2.15. The minimum absolute atomic E-state index is 0.470. The molecule has 2 aromatic rings. The number of anilines is 1. The van der Waals surface area contributed by atoms with E-state index in [0.717, 1.165) is 38.1 Å². The van der Waals surface area contributed by atoms with Crippen LogP contribution in [0.1, 0.15) is 18.4 Å². The summed E-state index contributed by atoms with van der Waals surface area (Å²) < 4.78 is 38.1. The number of nitrogens with zero attached hydrogens (tertiary/aromatic N) is 3. The van der Waals surface area contributed by atoms with Crippen molar-refractivity contribution in [2.75, 3.05) is 18.0 Å². The van der Waals surface area contributed by atoms with Gasteiger partial charge in [0.15, 0.2) is 0 Å². The Hall–Kier alpha value is -2.11. The number of benzene rings is 1. The topological polar surface area (TPSA) is 29.0 Å². The van der Waals surface area contributed by atoms with Crippen molar-refractivity contribution in [1.29, 1.82) is 0 Å². The van der Waals surface area contributed by atoms with Crippen LogP contribution < -0.4 is 4.90 Å². The summed E-state index contributed by atoms with van der Waals surface area (Å²) in [5, 5.41) is 0. The van der Waals surface area contributed by atoms with Crippen LogP contribution in [0.2, 0.25) is 0 Å². The number of aromatic nitrogens is 2. The van der Waals surface area contributed by atoms with Crippen molar-refractivity contribution >= 4 is 5.95 Å². The third kappa shape index (κ3) is 2.99. The van der Waals surface area contributed by atoms with E-state index in [1.807, 2.05) is 0 Å². The Balaban J connectivity index is 1.87. The second-order valence-corrected chi connectivity index (χ2v) is 5.04. The van der Waals surface area contributed by atoms with Crippen LogP contribution in [0.3, 0.4) is 0 Å². The van der Waals surface area contributed by atoms with Crippen molar-refractivity contribution < 1.29 is 13.2 Å². The second-order valence-electron chi connectivity index (χ2n) is 5.04. The van der Waals surface area contributed by atoms with Crippen LogP contribution in [0, 0.1) is 0 Å². The minimum atomic E-state index is -4.34. The van der Waals surface area contributed by atoms with Crippen molar-refractivity contribution in [3.8, 4) is 11.1 Å². The van der Waals surface area contributed by atoms with Gasteiger partial charge in [-0.2, -0.15) is 13.2 Å². The van der Waals surface area contributed by atoms with Gasteiger partial charge in [0.1, 0.15) is 0 Å². The van der Waals surface area contributed by atoms with Crippen LogP contribution in [0.5, 0.6) is 0 Å². The molecule has 110 valence electrons. The fourth-order valence-corrected chi connectivity index (χ4v) is 2.43. The summed E-state index contributed by atoms with van der Waals surface area (Å²) >= 11 is 0. The van der Waals surface area contributed by atoms with E-state index in [4.69, 9.17) is 0 Å². The zero-order valence-electron chi connectivity index (χ0n) is 11.3. The molecule has 2 heterocycles. The zero-order valence-corrected chi connectivity index (χ0v) is 11.3. The molecule has 1 aromatic heterocycles. The van der Waals surface area contributed by atoms with Crippen molar-refractivity contribution in [1.82, 2.24) is 9.97 Å². The maximum atomic E-state index is 12.7. The number of rotatable bonds is 2. The van der Waals surface area contributed by atoms with E-state index in [-0.39, 0.29) is 0 Å². The molecule has 1 fully saturated rings. The smallest absolute Gasteiger partial charge is 0.341 e. The molecule has 1 aromatic carbocycles. The van der Waals surface area contributed by atoms with Gasteiger partial charge in [-0.15, -0.1) is 0 Å². The van der Waals surface area contributed by atoms with Gasteiger partial charge in [0, 0.05) is 31.0 Å². The van der Waals surface area contributed by atoms with E-state index in [1.54, 1.807) is 18.5 Å². The highest BCUT2D eigenvalue weighted by Crippen LogP contribution is 2.32. The van der Waals surface area contributed by atoms with E-state index in [2.05, 4.69) is 14.9 Å². The lowest BCUT2D eigenvalue weighted by atomic mass is 10.1. The SMILES string of the molecule is FC(F)(F)c1cccc(-c2cnc(N3CCCC3)nc2)c1. The van der Waals surface area contributed by atoms with E-state index in [1.165, 1.54) is 6.07 Å². The average molecular weight is 293 g/mol. The predicted octanol–water partition coefficient (Wildman–Crippen LogP) is 3.76. The minimum Gasteiger partial charge on any atom is -0.341 e. The maximum absolute atomic E-state index is 12.7. The van der Waals surface area contributed by atoms with Gasteiger partial charge in [-0.3, -0.25) is 0 Å². The molecule has 6 heteroatoms. The maximum Gasteiger partial charge on any atom is 0.416 e. The third-order valence-corrected chi connectivity index (χ3v) is 3.55. The third-order valence-electron chi connectivity index (χ3n) is 3.55. The highest BCUT2D eigenvalue weighted by Gasteiger charge is 2.30. The largest absolute Gasteiger partial charge is 0.416 e. The van der Waals surface area contributed by atoms with E-state index < -0.39 is 11.7 Å². The fraction of sp³-hybridized carbons (Fsp3) is 0.333. The lowest BCUT2D eigenvalue weighted by molar-refractivity contribution is -0.137. The Bertz CT molecular complexity index is 617. The molecule has 0 unspecified atom stereocenters. The Morgan fingerprint density at radius 1 is 0.952 bits per heavy atom. The number of halogens is 3. The first kappa shape index (κ1) is 13.9. The van der Waals surface area contributed by atoms with Crippen molar-refractivity contribution in [2.45, 2.75) is 19.0 Å². The fourth-order valence-electron chi connectivity index (χ4n) is 2.43. The van der Waals surface area contributed by atoms with E-state index in [9.17, 15) is 13.2 Å². The molecule has 21 heavy (non-hydrogen) atoms. The summed E-state index contributed by atoms with van der Waals surface area (Å²) in [6, 6.07) is 5.20. The molecule has 3 rings (SSSR count). The summed E-state index contributed by atoms with van der Waals surface area (Å²) in [6.07, 6.45) is 1.07. The molecule has 0 radical (unpaired) electrons. The normalized spacial score (nSPS) is 15.5. The van der Waals surface area contributed by atoms with Gasteiger partial charge in [-0.1, -0.05) is 12.1 Å².